The summed E-state index contributed by atoms with van der Waals surface area (Å²) in [5.41, 5.74) is 2.48. The zero-order valence-electron chi connectivity index (χ0n) is 20.8. The van der Waals surface area contributed by atoms with Gasteiger partial charge in [0.1, 0.15) is 12.6 Å². The summed E-state index contributed by atoms with van der Waals surface area (Å²) in [5.74, 6) is -0.978. The van der Waals surface area contributed by atoms with Crippen molar-refractivity contribution in [2.45, 2.75) is 25.9 Å². The first-order valence-corrected chi connectivity index (χ1v) is 14.1. The number of nitrogens with zero attached hydrogens (tertiary/aromatic N) is 2. The van der Waals surface area contributed by atoms with Gasteiger partial charge in [-0.05, 0) is 42.3 Å². The van der Waals surface area contributed by atoms with Crippen molar-refractivity contribution in [3.05, 3.63) is 99.5 Å². The summed E-state index contributed by atoms with van der Waals surface area (Å²) in [6, 6.07) is 20.1. The maximum absolute atomic E-state index is 13.9. The lowest BCUT2D eigenvalue weighted by atomic mass is 10.0. The van der Waals surface area contributed by atoms with Crippen molar-refractivity contribution in [1.29, 1.82) is 0 Å². The average Bonchev–Trinajstić information content (AvgIpc) is 2.85. The molecule has 0 spiro atoms. The van der Waals surface area contributed by atoms with Gasteiger partial charge in [-0.2, -0.15) is 0 Å². The summed E-state index contributed by atoms with van der Waals surface area (Å²) in [6.07, 6.45) is 1.25. The first-order valence-electron chi connectivity index (χ1n) is 11.5. The Hall–Kier alpha value is -3.07. The van der Waals surface area contributed by atoms with Crippen LogP contribution in [-0.4, -0.2) is 51.0 Å². The van der Waals surface area contributed by atoms with Crippen molar-refractivity contribution < 1.29 is 18.0 Å². The fraction of sp³-hybridized carbons (Fsp3) is 0.259. The van der Waals surface area contributed by atoms with Crippen LogP contribution in [0.5, 0.6) is 0 Å². The van der Waals surface area contributed by atoms with E-state index in [4.69, 9.17) is 23.2 Å². The number of aryl methyl sites for hydroxylation is 1. The Balaban J connectivity index is 2.07. The number of halogens is 2. The van der Waals surface area contributed by atoms with Crippen molar-refractivity contribution >= 4 is 50.7 Å². The number of benzene rings is 3. The predicted molar refractivity (Wildman–Crippen MR) is 148 cm³/mol. The Bertz CT molecular complexity index is 1350. The van der Waals surface area contributed by atoms with E-state index in [0.29, 0.717) is 21.3 Å². The number of nitrogens with one attached hydrogen (secondary N) is 1. The Kier molecular flexibility index (Phi) is 9.59. The Labute approximate surface area is 228 Å². The molecule has 0 heterocycles. The van der Waals surface area contributed by atoms with E-state index in [-0.39, 0.29) is 13.0 Å². The number of likely N-dealkylation sites (N-methyl/N-ethyl adjacent to an activating group) is 1. The monoisotopic (exact) mass is 561 g/mol. The summed E-state index contributed by atoms with van der Waals surface area (Å²) < 4.78 is 26.5. The average molecular weight is 563 g/mol. The highest BCUT2D eigenvalue weighted by Crippen LogP contribution is 2.28. The molecule has 3 aromatic rings. The molecule has 10 heteroatoms. The minimum Gasteiger partial charge on any atom is -0.357 e. The minimum atomic E-state index is -3.83. The number of rotatable bonds is 10. The van der Waals surface area contributed by atoms with E-state index >= 15 is 0 Å². The molecule has 0 bridgehead atoms. The molecule has 0 fully saturated rings. The molecule has 0 aliphatic heterocycles. The van der Waals surface area contributed by atoms with Gasteiger partial charge in [-0.3, -0.25) is 13.9 Å². The van der Waals surface area contributed by atoms with Gasteiger partial charge in [-0.25, -0.2) is 8.42 Å². The van der Waals surface area contributed by atoms with Gasteiger partial charge < -0.3 is 10.2 Å². The van der Waals surface area contributed by atoms with E-state index in [1.165, 1.54) is 11.9 Å². The molecule has 37 heavy (non-hydrogen) atoms. The number of anilines is 1. The standard InChI is InChI=1S/C27H29Cl2N3O4S/c1-19-9-7-12-21(15-19)32(37(3,35)36)18-26(33)31(17-22-23(28)13-8-14-24(22)29)25(27(34)30-2)16-20-10-5-4-6-11-20/h4-15,25H,16-18H2,1-3H3,(H,30,34). The highest BCUT2D eigenvalue weighted by Gasteiger charge is 2.33. The second-order valence-corrected chi connectivity index (χ2v) is 11.4. The van der Waals surface area contributed by atoms with Gasteiger partial charge in [0.25, 0.3) is 0 Å². The van der Waals surface area contributed by atoms with E-state index in [1.807, 2.05) is 43.3 Å². The Morgan fingerprint density at radius 2 is 1.57 bits per heavy atom. The molecule has 1 N–H and O–H groups in total. The van der Waals surface area contributed by atoms with Gasteiger partial charge >= 0.3 is 0 Å². The first kappa shape index (κ1) is 28.5. The molecule has 0 aliphatic rings. The fourth-order valence-corrected chi connectivity index (χ4v) is 5.33. The highest BCUT2D eigenvalue weighted by atomic mass is 35.5. The third kappa shape index (κ3) is 7.47. The molecular weight excluding hydrogens is 533 g/mol. The second-order valence-electron chi connectivity index (χ2n) is 8.65. The van der Waals surface area contributed by atoms with E-state index < -0.39 is 34.4 Å². The van der Waals surface area contributed by atoms with Crippen LogP contribution in [0.25, 0.3) is 0 Å². The summed E-state index contributed by atoms with van der Waals surface area (Å²) >= 11 is 12.8. The summed E-state index contributed by atoms with van der Waals surface area (Å²) in [6.45, 7) is 1.24. The lowest BCUT2D eigenvalue weighted by Crippen LogP contribution is -2.53. The van der Waals surface area contributed by atoms with Crippen LogP contribution in [0, 0.1) is 6.92 Å². The second kappa shape index (κ2) is 12.4. The van der Waals surface area contributed by atoms with Crippen LogP contribution in [0.15, 0.2) is 72.8 Å². The molecule has 0 radical (unpaired) electrons. The van der Waals surface area contributed by atoms with Crippen molar-refractivity contribution in [3.63, 3.8) is 0 Å². The third-order valence-corrected chi connectivity index (χ3v) is 7.73. The van der Waals surface area contributed by atoms with Gasteiger partial charge in [0, 0.05) is 35.6 Å². The van der Waals surface area contributed by atoms with Crippen LogP contribution in [-0.2, 0) is 32.6 Å². The van der Waals surface area contributed by atoms with Crippen molar-refractivity contribution in [2.75, 3.05) is 24.2 Å². The molecule has 1 unspecified atom stereocenters. The number of carbonyl (C=O) groups excluding carboxylic acids is 2. The normalized spacial score (nSPS) is 12.0. The van der Waals surface area contributed by atoms with Crippen molar-refractivity contribution in [2.24, 2.45) is 0 Å². The van der Waals surface area contributed by atoms with E-state index in [9.17, 15) is 18.0 Å². The maximum Gasteiger partial charge on any atom is 0.244 e. The maximum atomic E-state index is 13.9. The first-order chi connectivity index (χ1) is 17.5. The zero-order chi connectivity index (χ0) is 27.2. The van der Waals surface area contributed by atoms with Gasteiger partial charge in [0.05, 0.1) is 11.9 Å². The Morgan fingerprint density at radius 3 is 2.14 bits per heavy atom. The van der Waals surface area contributed by atoms with E-state index in [0.717, 1.165) is 21.7 Å². The number of sulfonamides is 1. The van der Waals surface area contributed by atoms with Crippen LogP contribution >= 0.6 is 23.2 Å². The van der Waals surface area contributed by atoms with Gasteiger partial charge in [0.15, 0.2) is 0 Å². The van der Waals surface area contributed by atoms with Gasteiger partial charge in [0.2, 0.25) is 21.8 Å². The minimum absolute atomic E-state index is 0.0896. The van der Waals surface area contributed by atoms with Crippen LogP contribution < -0.4 is 9.62 Å². The molecular formula is C27H29Cl2N3O4S. The van der Waals surface area contributed by atoms with Gasteiger partial charge in [-0.15, -0.1) is 0 Å². The number of hydrogen-bond acceptors (Lipinski definition) is 4. The molecule has 0 aliphatic carbocycles. The van der Waals surface area contributed by atoms with Crippen molar-refractivity contribution in [3.8, 4) is 0 Å². The topological polar surface area (TPSA) is 86.8 Å². The van der Waals surface area contributed by atoms with E-state index in [2.05, 4.69) is 5.32 Å². The lowest BCUT2D eigenvalue weighted by molar-refractivity contribution is -0.139. The molecule has 1 atom stereocenters. The van der Waals surface area contributed by atoms with Crippen LogP contribution in [0.3, 0.4) is 0 Å². The third-order valence-electron chi connectivity index (χ3n) is 5.88. The largest absolute Gasteiger partial charge is 0.357 e. The Morgan fingerprint density at radius 1 is 0.946 bits per heavy atom. The van der Waals surface area contributed by atoms with Crippen LogP contribution in [0.4, 0.5) is 5.69 Å². The fourth-order valence-electron chi connectivity index (χ4n) is 3.97. The molecule has 3 rings (SSSR count). The predicted octanol–water partition coefficient (Wildman–Crippen LogP) is 4.45. The van der Waals surface area contributed by atoms with Crippen molar-refractivity contribution in [1.82, 2.24) is 10.2 Å². The zero-order valence-corrected chi connectivity index (χ0v) is 23.1. The van der Waals surface area contributed by atoms with Crippen LogP contribution in [0.2, 0.25) is 10.0 Å². The number of carbonyl (C=O) groups is 2. The number of amides is 2. The smallest absolute Gasteiger partial charge is 0.244 e. The lowest BCUT2D eigenvalue weighted by Gasteiger charge is -2.33. The summed E-state index contributed by atoms with van der Waals surface area (Å²) in [4.78, 5) is 28.3. The SMILES string of the molecule is CNC(=O)C(Cc1ccccc1)N(Cc1c(Cl)cccc1Cl)C(=O)CN(c1cccc(C)c1)S(C)(=O)=O. The molecule has 3 aromatic carbocycles. The highest BCUT2D eigenvalue weighted by molar-refractivity contribution is 7.92. The van der Waals surface area contributed by atoms with Crippen LogP contribution in [0.1, 0.15) is 16.7 Å². The quantitative estimate of drug-likeness (QED) is 0.396. The summed E-state index contributed by atoms with van der Waals surface area (Å²) in [7, 11) is -2.34. The molecule has 196 valence electrons. The van der Waals surface area contributed by atoms with Gasteiger partial charge in [-0.1, -0.05) is 71.7 Å². The molecule has 0 saturated carbocycles. The molecule has 0 saturated heterocycles. The molecule has 2 amide bonds. The number of hydrogen-bond donors (Lipinski definition) is 1. The van der Waals surface area contributed by atoms with E-state index in [1.54, 1.807) is 36.4 Å². The molecule has 0 aromatic heterocycles. The molecule has 7 nitrogen and oxygen atoms in total. The summed E-state index contributed by atoms with van der Waals surface area (Å²) in [5, 5.41) is 3.29.